The number of fused-ring (bicyclic) bond motifs is 1. The first kappa shape index (κ1) is 19.3. The Bertz CT molecular complexity index is 759. The third-order valence-electron chi connectivity index (χ3n) is 4.81. The lowest BCUT2D eigenvalue weighted by molar-refractivity contribution is -0.126. The van der Waals surface area contributed by atoms with Gasteiger partial charge < -0.3 is 14.4 Å². The van der Waals surface area contributed by atoms with Crippen LogP contribution in [0.15, 0.2) is 48.5 Å². The van der Waals surface area contributed by atoms with Crippen molar-refractivity contribution in [1.29, 1.82) is 0 Å². The highest BCUT2D eigenvalue weighted by Gasteiger charge is 2.33. The highest BCUT2D eigenvalue weighted by atomic mass is 16.5. The maximum atomic E-state index is 13.0. The minimum absolute atomic E-state index is 0.0247. The molecule has 1 amide bonds. The minimum atomic E-state index is -0.511. The number of ether oxygens (including phenoxy) is 2. The summed E-state index contributed by atoms with van der Waals surface area (Å²) in [5.41, 5.74) is 1.72. The van der Waals surface area contributed by atoms with Gasteiger partial charge in [-0.15, -0.1) is 0 Å². The summed E-state index contributed by atoms with van der Waals surface area (Å²) in [5, 5.41) is 0. The molecule has 4 nitrogen and oxygen atoms in total. The van der Waals surface area contributed by atoms with Crippen LogP contribution in [-0.4, -0.2) is 25.2 Å². The van der Waals surface area contributed by atoms with Crippen LogP contribution in [0.25, 0.3) is 0 Å². The molecule has 143 valence electrons. The standard InChI is InChI=1S/C23H28NO3/c1-3-4-5-10-16-24-19-12-7-9-14-21(19)27-22(23(24)25)15-17-26-20-13-8-6-11-18(20)2/h6-9,11-14,22H,2-5,10,15-17H2,1H3. The lowest BCUT2D eigenvalue weighted by Crippen LogP contribution is -2.46. The zero-order valence-corrected chi connectivity index (χ0v) is 16.0. The fourth-order valence-corrected chi connectivity index (χ4v) is 3.31. The lowest BCUT2D eigenvalue weighted by atomic mass is 10.1. The van der Waals surface area contributed by atoms with Crippen LogP contribution < -0.4 is 14.4 Å². The number of unbranched alkanes of at least 4 members (excludes halogenated alkanes) is 3. The second-order valence-electron chi connectivity index (χ2n) is 6.87. The largest absolute Gasteiger partial charge is 0.493 e. The van der Waals surface area contributed by atoms with Crippen molar-refractivity contribution in [3.63, 3.8) is 0 Å². The van der Waals surface area contributed by atoms with Gasteiger partial charge >= 0.3 is 0 Å². The molecule has 0 aliphatic carbocycles. The summed E-state index contributed by atoms with van der Waals surface area (Å²) in [6, 6.07) is 15.4. The van der Waals surface area contributed by atoms with E-state index >= 15 is 0 Å². The topological polar surface area (TPSA) is 38.8 Å². The van der Waals surface area contributed by atoms with Gasteiger partial charge in [0.05, 0.1) is 12.3 Å². The molecule has 1 atom stereocenters. The van der Waals surface area contributed by atoms with E-state index in [-0.39, 0.29) is 5.91 Å². The molecule has 0 bridgehead atoms. The zero-order valence-electron chi connectivity index (χ0n) is 16.0. The molecule has 0 spiro atoms. The molecule has 1 unspecified atom stereocenters. The van der Waals surface area contributed by atoms with Crippen LogP contribution in [0.5, 0.6) is 11.5 Å². The highest BCUT2D eigenvalue weighted by molar-refractivity contribution is 6.00. The van der Waals surface area contributed by atoms with Gasteiger partial charge in [0.15, 0.2) is 6.10 Å². The summed E-state index contributed by atoms with van der Waals surface area (Å²) in [6.45, 7) is 7.30. The van der Waals surface area contributed by atoms with Crippen molar-refractivity contribution in [2.75, 3.05) is 18.1 Å². The van der Waals surface area contributed by atoms with E-state index < -0.39 is 6.10 Å². The van der Waals surface area contributed by atoms with Crippen LogP contribution >= 0.6 is 0 Å². The van der Waals surface area contributed by atoms with Crippen molar-refractivity contribution in [1.82, 2.24) is 0 Å². The Kier molecular flexibility index (Phi) is 6.74. The van der Waals surface area contributed by atoms with Crippen LogP contribution in [0, 0.1) is 6.92 Å². The Morgan fingerprint density at radius 2 is 1.85 bits per heavy atom. The molecular formula is C23H28NO3. The normalized spacial score (nSPS) is 16.0. The number of anilines is 1. The molecule has 1 radical (unpaired) electrons. The fourth-order valence-electron chi connectivity index (χ4n) is 3.31. The first-order valence-corrected chi connectivity index (χ1v) is 9.81. The Morgan fingerprint density at radius 3 is 2.67 bits per heavy atom. The monoisotopic (exact) mass is 366 g/mol. The molecule has 1 heterocycles. The van der Waals surface area contributed by atoms with E-state index in [4.69, 9.17) is 9.47 Å². The first-order valence-electron chi connectivity index (χ1n) is 9.81. The summed E-state index contributed by atoms with van der Waals surface area (Å²) >= 11 is 0. The van der Waals surface area contributed by atoms with Crippen molar-refractivity contribution in [2.45, 2.75) is 45.1 Å². The number of hydrogen-bond donors (Lipinski definition) is 0. The number of amides is 1. The summed E-state index contributed by atoms with van der Waals surface area (Å²) < 4.78 is 11.8. The number of rotatable bonds is 9. The molecule has 27 heavy (non-hydrogen) atoms. The maximum absolute atomic E-state index is 13.0. The third kappa shape index (κ3) is 4.82. The number of benzene rings is 2. The molecule has 4 heteroatoms. The van der Waals surface area contributed by atoms with Crippen molar-refractivity contribution in [2.24, 2.45) is 0 Å². The fraction of sp³-hybridized carbons (Fsp3) is 0.391. The van der Waals surface area contributed by atoms with E-state index in [1.165, 1.54) is 12.8 Å². The van der Waals surface area contributed by atoms with E-state index in [1.807, 2.05) is 53.4 Å². The summed E-state index contributed by atoms with van der Waals surface area (Å²) in [6.07, 6.45) is 4.52. The lowest BCUT2D eigenvalue weighted by Gasteiger charge is -2.34. The molecule has 0 fully saturated rings. The van der Waals surface area contributed by atoms with E-state index in [2.05, 4.69) is 13.8 Å². The van der Waals surface area contributed by atoms with Crippen LogP contribution in [0.3, 0.4) is 0 Å². The van der Waals surface area contributed by atoms with Gasteiger partial charge in [-0.1, -0.05) is 56.5 Å². The Labute approximate surface area is 162 Å². The van der Waals surface area contributed by atoms with Crippen molar-refractivity contribution in [3.05, 3.63) is 61.0 Å². The molecule has 2 aromatic carbocycles. The number of hydrogen-bond acceptors (Lipinski definition) is 3. The molecule has 0 N–H and O–H groups in total. The van der Waals surface area contributed by atoms with Crippen LogP contribution in [0.2, 0.25) is 0 Å². The van der Waals surface area contributed by atoms with E-state index in [1.54, 1.807) is 0 Å². The number of nitrogens with zero attached hydrogens (tertiary/aromatic N) is 1. The Balaban J connectivity index is 1.64. The molecule has 2 aromatic rings. The van der Waals surface area contributed by atoms with E-state index in [0.29, 0.717) is 13.0 Å². The molecule has 1 aliphatic heterocycles. The van der Waals surface area contributed by atoms with E-state index in [9.17, 15) is 4.79 Å². The van der Waals surface area contributed by atoms with Gasteiger partial charge in [-0.3, -0.25) is 4.79 Å². The van der Waals surface area contributed by atoms with Gasteiger partial charge in [0.25, 0.3) is 5.91 Å². The minimum Gasteiger partial charge on any atom is -0.493 e. The third-order valence-corrected chi connectivity index (χ3v) is 4.81. The smallest absolute Gasteiger partial charge is 0.268 e. The first-order chi connectivity index (χ1) is 13.2. The molecule has 3 rings (SSSR count). The highest BCUT2D eigenvalue weighted by Crippen LogP contribution is 2.34. The van der Waals surface area contributed by atoms with Gasteiger partial charge in [0.1, 0.15) is 11.5 Å². The molecule has 0 saturated carbocycles. The predicted molar refractivity (Wildman–Crippen MR) is 108 cm³/mol. The van der Waals surface area contributed by atoms with Gasteiger partial charge in [-0.2, -0.15) is 0 Å². The molecular weight excluding hydrogens is 338 g/mol. The van der Waals surface area contributed by atoms with Crippen molar-refractivity contribution in [3.8, 4) is 11.5 Å². The summed E-state index contributed by atoms with van der Waals surface area (Å²) in [7, 11) is 0. The molecule has 0 aromatic heterocycles. The maximum Gasteiger partial charge on any atom is 0.268 e. The predicted octanol–water partition coefficient (Wildman–Crippen LogP) is 5.01. The number of para-hydroxylation sites is 3. The zero-order chi connectivity index (χ0) is 19.1. The number of carbonyl (C=O) groups is 1. The second kappa shape index (κ2) is 9.45. The van der Waals surface area contributed by atoms with Gasteiger partial charge in [0.2, 0.25) is 0 Å². The van der Waals surface area contributed by atoms with Gasteiger partial charge in [-0.25, -0.2) is 0 Å². The summed E-state index contributed by atoms with van der Waals surface area (Å²) in [5.74, 6) is 1.55. The van der Waals surface area contributed by atoms with Gasteiger partial charge in [0, 0.05) is 13.0 Å². The molecule has 0 saturated heterocycles. The molecule has 1 aliphatic rings. The Morgan fingerprint density at radius 1 is 1.07 bits per heavy atom. The van der Waals surface area contributed by atoms with Gasteiger partial charge in [-0.05, 0) is 37.1 Å². The SMILES string of the molecule is [CH2]c1ccccc1OCCC1Oc2ccccc2N(CCCCCC)C1=O. The van der Waals surface area contributed by atoms with E-state index in [0.717, 1.165) is 42.1 Å². The van der Waals surface area contributed by atoms with Crippen molar-refractivity contribution < 1.29 is 14.3 Å². The van der Waals surface area contributed by atoms with Crippen LogP contribution in [0.1, 0.15) is 44.6 Å². The quantitative estimate of drug-likeness (QED) is 0.586. The number of carbonyl (C=O) groups excluding carboxylic acids is 1. The Hall–Kier alpha value is -2.49. The second-order valence-corrected chi connectivity index (χ2v) is 6.87. The van der Waals surface area contributed by atoms with Crippen LogP contribution in [-0.2, 0) is 4.79 Å². The summed E-state index contributed by atoms with van der Waals surface area (Å²) in [4.78, 5) is 14.9. The van der Waals surface area contributed by atoms with Crippen molar-refractivity contribution >= 4 is 11.6 Å². The average molecular weight is 366 g/mol. The van der Waals surface area contributed by atoms with Crippen LogP contribution in [0.4, 0.5) is 5.69 Å². The average Bonchev–Trinajstić information content (AvgIpc) is 2.68.